The molecule has 0 bridgehead atoms. The van der Waals surface area contributed by atoms with Gasteiger partial charge in [0.1, 0.15) is 0 Å². The summed E-state index contributed by atoms with van der Waals surface area (Å²) in [5, 5.41) is 3.45. The summed E-state index contributed by atoms with van der Waals surface area (Å²) < 4.78 is 0. The standard InChI is InChI=1S/C17H29N3/c1-17(2,3)20-12-10-19(11-13-20)14-16(18-4)15-8-6-5-7-9-15/h5-9,16,18H,10-14H2,1-4H3. The summed E-state index contributed by atoms with van der Waals surface area (Å²) >= 11 is 0. The minimum absolute atomic E-state index is 0.300. The fourth-order valence-electron chi connectivity index (χ4n) is 2.91. The average Bonchev–Trinajstić information content (AvgIpc) is 2.45. The Kier molecular flexibility index (Phi) is 5.19. The molecule has 0 saturated carbocycles. The highest BCUT2D eigenvalue weighted by atomic mass is 15.3. The van der Waals surface area contributed by atoms with Crippen LogP contribution in [0.4, 0.5) is 0 Å². The zero-order chi connectivity index (χ0) is 14.6. The number of hydrogen-bond acceptors (Lipinski definition) is 3. The van der Waals surface area contributed by atoms with Crippen molar-refractivity contribution in [1.82, 2.24) is 15.1 Å². The van der Waals surface area contributed by atoms with Crippen molar-refractivity contribution in [1.29, 1.82) is 0 Å². The van der Waals surface area contributed by atoms with Crippen LogP contribution >= 0.6 is 0 Å². The van der Waals surface area contributed by atoms with Gasteiger partial charge < -0.3 is 5.32 Å². The van der Waals surface area contributed by atoms with Crippen LogP contribution in [0.1, 0.15) is 32.4 Å². The molecule has 112 valence electrons. The van der Waals surface area contributed by atoms with Crippen molar-refractivity contribution in [2.75, 3.05) is 39.8 Å². The third-order valence-corrected chi connectivity index (χ3v) is 4.31. The number of benzene rings is 1. The van der Waals surface area contributed by atoms with Crippen molar-refractivity contribution in [3.05, 3.63) is 35.9 Å². The predicted molar refractivity (Wildman–Crippen MR) is 86.0 cm³/mol. The molecule has 3 nitrogen and oxygen atoms in total. The highest BCUT2D eigenvalue weighted by molar-refractivity contribution is 5.19. The van der Waals surface area contributed by atoms with Gasteiger partial charge in [0, 0.05) is 44.3 Å². The third kappa shape index (κ3) is 4.05. The molecule has 1 fully saturated rings. The fraction of sp³-hybridized carbons (Fsp3) is 0.647. The number of rotatable bonds is 4. The summed E-state index contributed by atoms with van der Waals surface area (Å²) in [7, 11) is 2.06. The van der Waals surface area contributed by atoms with E-state index in [4.69, 9.17) is 0 Å². The van der Waals surface area contributed by atoms with E-state index >= 15 is 0 Å². The average molecular weight is 275 g/mol. The largest absolute Gasteiger partial charge is 0.312 e. The molecule has 0 aromatic heterocycles. The Bertz CT molecular complexity index is 388. The van der Waals surface area contributed by atoms with Gasteiger partial charge in [0.05, 0.1) is 0 Å². The van der Waals surface area contributed by atoms with Crippen molar-refractivity contribution in [2.24, 2.45) is 0 Å². The van der Waals surface area contributed by atoms with Gasteiger partial charge in [-0.15, -0.1) is 0 Å². The van der Waals surface area contributed by atoms with E-state index < -0.39 is 0 Å². The van der Waals surface area contributed by atoms with Gasteiger partial charge in [-0.25, -0.2) is 0 Å². The van der Waals surface area contributed by atoms with Gasteiger partial charge in [0.25, 0.3) is 0 Å². The van der Waals surface area contributed by atoms with Crippen LogP contribution in [0.2, 0.25) is 0 Å². The van der Waals surface area contributed by atoms with E-state index in [1.54, 1.807) is 0 Å². The van der Waals surface area contributed by atoms with E-state index in [-0.39, 0.29) is 0 Å². The molecule has 1 heterocycles. The Morgan fingerprint density at radius 2 is 1.65 bits per heavy atom. The summed E-state index contributed by atoms with van der Waals surface area (Å²) in [5.74, 6) is 0. The molecule has 0 radical (unpaired) electrons. The second kappa shape index (κ2) is 6.70. The zero-order valence-electron chi connectivity index (χ0n) is 13.4. The van der Waals surface area contributed by atoms with Crippen molar-refractivity contribution >= 4 is 0 Å². The lowest BCUT2D eigenvalue weighted by Crippen LogP contribution is -2.54. The number of nitrogens with one attached hydrogen (secondary N) is 1. The van der Waals surface area contributed by atoms with Crippen LogP contribution in [0.25, 0.3) is 0 Å². The highest BCUT2D eigenvalue weighted by Crippen LogP contribution is 2.18. The maximum atomic E-state index is 3.45. The van der Waals surface area contributed by atoms with Crippen molar-refractivity contribution in [2.45, 2.75) is 32.4 Å². The second-order valence-electron chi connectivity index (χ2n) is 6.71. The molecule has 2 rings (SSSR count). The molecule has 20 heavy (non-hydrogen) atoms. The normalized spacial score (nSPS) is 20.0. The van der Waals surface area contributed by atoms with Crippen LogP contribution in [-0.4, -0.2) is 55.1 Å². The van der Waals surface area contributed by atoms with Crippen LogP contribution in [0.5, 0.6) is 0 Å². The minimum atomic E-state index is 0.300. The zero-order valence-corrected chi connectivity index (χ0v) is 13.4. The molecule has 1 aliphatic rings. The number of piperazine rings is 1. The lowest BCUT2D eigenvalue weighted by atomic mass is 10.0. The van der Waals surface area contributed by atoms with Crippen LogP contribution in [0.15, 0.2) is 30.3 Å². The first kappa shape index (κ1) is 15.5. The van der Waals surface area contributed by atoms with Crippen LogP contribution in [0, 0.1) is 0 Å². The molecule has 1 unspecified atom stereocenters. The van der Waals surface area contributed by atoms with Gasteiger partial charge in [-0.3, -0.25) is 9.80 Å². The molecule has 1 atom stereocenters. The molecule has 0 aliphatic carbocycles. The van der Waals surface area contributed by atoms with Crippen molar-refractivity contribution in [3.8, 4) is 0 Å². The fourth-order valence-corrected chi connectivity index (χ4v) is 2.91. The lowest BCUT2D eigenvalue weighted by molar-refractivity contribution is 0.0584. The third-order valence-electron chi connectivity index (χ3n) is 4.31. The van der Waals surface area contributed by atoms with Gasteiger partial charge >= 0.3 is 0 Å². The van der Waals surface area contributed by atoms with Gasteiger partial charge in [-0.1, -0.05) is 30.3 Å². The molecule has 1 aliphatic heterocycles. The first-order valence-corrected chi connectivity index (χ1v) is 7.70. The Morgan fingerprint density at radius 3 is 2.15 bits per heavy atom. The molecule has 1 N–H and O–H groups in total. The first-order chi connectivity index (χ1) is 9.50. The minimum Gasteiger partial charge on any atom is -0.312 e. The predicted octanol–water partition coefficient (Wildman–Crippen LogP) is 2.36. The molecule has 0 amide bonds. The lowest BCUT2D eigenvalue weighted by Gasteiger charge is -2.43. The van der Waals surface area contributed by atoms with Crippen molar-refractivity contribution in [3.63, 3.8) is 0 Å². The van der Waals surface area contributed by atoms with Crippen LogP contribution in [-0.2, 0) is 0 Å². The topological polar surface area (TPSA) is 18.5 Å². The summed E-state index contributed by atoms with van der Waals surface area (Å²) in [6.07, 6.45) is 0. The van der Waals surface area contributed by atoms with E-state index in [1.165, 1.54) is 31.7 Å². The number of nitrogens with zero attached hydrogens (tertiary/aromatic N) is 2. The van der Waals surface area contributed by atoms with Gasteiger partial charge in [-0.05, 0) is 33.4 Å². The Morgan fingerprint density at radius 1 is 1.05 bits per heavy atom. The number of hydrogen-bond donors (Lipinski definition) is 1. The van der Waals surface area contributed by atoms with Crippen LogP contribution in [0.3, 0.4) is 0 Å². The summed E-state index contributed by atoms with van der Waals surface area (Å²) in [5.41, 5.74) is 1.68. The van der Waals surface area contributed by atoms with E-state index in [1.807, 2.05) is 0 Å². The van der Waals surface area contributed by atoms with Gasteiger partial charge in [-0.2, -0.15) is 0 Å². The molecule has 1 aromatic rings. The highest BCUT2D eigenvalue weighted by Gasteiger charge is 2.26. The maximum absolute atomic E-state index is 3.45. The van der Waals surface area contributed by atoms with Crippen molar-refractivity contribution < 1.29 is 0 Å². The molecule has 1 saturated heterocycles. The maximum Gasteiger partial charge on any atom is 0.0446 e. The second-order valence-corrected chi connectivity index (χ2v) is 6.71. The first-order valence-electron chi connectivity index (χ1n) is 7.70. The van der Waals surface area contributed by atoms with Crippen LogP contribution < -0.4 is 5.32 Å². The Hall–Kier alpha value is -0.900. The van der Waals surface area contributed by atoms with E-state index in [0.29, 0.717) is 11.6 Å². The monoisotopic (exact) mass is 275 g/mol. The molecule has 1 aromatic carbocycles. The molecular formula is C17H29N3. The smallest absolute Gasteiger partial charge is 0.0446 e. The Labute approximate surface area is 124 Å². The number of likely N-dealkylation sites (N-methyl/N-ethyl adjacent to an activating group) is 1. The molecule has 0 spiro atoms. The van der Waals surface area contributed by atoms with E-state index in [9.17, 15) is 0 Å². The summed E-state index contributed by atoms with van der Waals surface area (Å²) in [6.45, 7) is 12.7. The molecular weight excluding hydrogens is 246 g/mol. The molecule has 3 heteroatoms. The summed E-state index contributed by atoms with van der Waals surface area (Å²) in [6, 6.07) is 11.2. The summed E-state index contributed by atoms with van der Waals surface area (Å²) in [4.78, 5) is 5.16. The quantitative estimate of drug-likeness (QED) is 0.910. The van der Waals surface area contributed by atoms with E-state index in [0.717, 1.165) is 6.54 Å². The van der Waals surface area contributed by atoms with Gasteiger partial charge in [0.15, 0.2) is 0 Å². The SMILES string of the molecule is CNC(CN1CCN(C(C)(C)C)CC1)c1ccccc1. The Balaban J connectivity index is 1.88. The van der Waals surface area contributed by atoms with E-state index in [2.05, 4.69) is 73.3 Å². The van der Waals surface area contributed by atoms with Gasteiger partial charge in [0.2, 0.25) is 0 Å².